The van der Waals surface area contributed by atoms with Gasteiger partial charge in [0.25, 0.3) is 0 Å². The van der Waals surface area contributed by atoms with Crippen molar-refractivity contribution < 1.29 is 19.1 Å². The van der Waals surface area contributed by atoms with E-state index in [1.54, 1.807) is 0 Å². The fourth-order valence-electron chi connectivity index (χ4n) is 7.10. The molecule has 5 saturated carbocycles. The molecule has 0 aromatic heterocycles. The molecule has 25 heavy (non-hydrogen) atoms. The minimum atomic E-state index is -0.565. The van der Waals surface area contributed by atoms with Crippen LogP contribution >= 0.6 is 0 Å². The van der Waals surface area contributed by atoms with Crippen molar-refractivity contribution in [3.8, 4) is 0 Å². The maximum absolute atomic E-state index is 12.6. The third-order valence-electron chi connectivity index (χ3n) is 7.55. The van der Waals surface area contributed by atoms with Gasteiger partial charge in [0.2, 0.25) is 0 Å². The molecule has 4 bridgehead atoms. The van der Waals surface area contributed by atoms with Crippen LogP contribution in [0.1, 0.15) is 64.7 Å². The summed E-state index contributed by atoms with van der Waals surface area (Å²) in [7, 11) is 0. The average molecular weight is 346 g/mol. The Balaban J connectivity index is 1.57. The summed E-state index contributed by atoms with van der Waals surface area (Å²) in [6, 6.07) is 0. The highest BCUT2D eigenvalue weighted by atomic mass is 16.6. The second-order valence-corrected chi connectivity index (χ2v) is 9.28. The van der Waals surface area contributed by atoms with Crippen LogP contribution in [0, 0.1) is 29.1 Å². The van der Waals surface area contributed by atoms with Crippen LogP contribution in [-0.4, -0.2) is 24.1 Å². The fourth-order valence-corrected chi connectivity index (χ4v) is 7.10. The lowest BCUT2D eigenvalue weighted by Crippen LogP contribution is -2.65. The van der Waals surface area contributed by atoms with Crippen molar-refractivity contribution in [2.24, 2.45) is 29.1 Å². The van der Waals surface area contributed by atoms with E-state index in [1.165, 1.54) is 57.8 Å². The van der Waals surface area contributed by atoms with E-state index < -0.39 is 5.97 Å². The van der Waals surface area contributed by atoms with Gasteiger partial charge in [-0.3, -0.25) is 0 Å². The zero-order valence-electron chi connectivity index (χ0n) is 15.3. The second-order valence-electron chi connectivity index (χ2n) is 9.28. The number of rotatable bonds is 5. The Morgan fingerprint density at radius 1 is 1.08 bits per heavy atom. The first-order valence-corrected chi connectivity index (χ1v) is 9.96. The van der Waals surface area contributed by atoms with Gasteiger partial charge in [0.05, 0.1) is 0 Å². The topological polar surface area (TPSA) is 52.6 Å². The number of esters is 2. The Bertz CT molecular complexity index is 558. The third kappa shape index (κ3) is 2.82. The standard InChI is InChI=1S/C21H30O4/c1-3-18(22)24-13-19(23)25-21(15-6-4-5-7-15)16-8-14-9-17(21)12-20(2,10-14)11-16/h3,14-17H,1,4-13H2,2H3. The van der Waals surface area contributed by atoms with Crippen LogP contribution in [0.2, 0.25) is 0 Å². The predicted molar refractivity (Wildman–Crippen MR) is 93.6 cm³/mol. The zero-order valence-corrected chi connectivity index (χ0v) is 15.3. The smallest absolute Gasteiger partial charge is 0.344 e. The third-order valence-corrected chi connectivity index (χ3v) is 7.55. The van der Waals surface area contributed by atoms with E-state index in [0.717, 1.165) is 12.0 Å². The molecule has 0 aliphatic heterocycles. The Morgan fingerprint density at radius 2 is 1.72 bits per heavy atom. The highest BCUT2D eigenvalue weighted by molar-refractivity contribution is 5.83. The van der Waals surface area contributed by atoms with E-state index >= 15 is 0 Å². The van der Waals surface area contributed by atoms with Crippen LogP contribution in [0.5, 0.6) is 0 Å². The molecule has 5 aliphatic rings. The molecule has 0 amide bonds. The van der Waals surface area contributed by atoms with Gasteiger partial charge in [-0.05, 0) is 62.2 Å². The summed E-state index contributed by atoms with van der Waals surface area (Å²) in [6.45, 7) is 5.51. The summed E-state index contributed by atoms with van der Waals surface area (Å²) in [5.41, 5.74) is 0.144. The summed E-state index contributed by atoms with van der Waals surface area (Å²) >= 11 is 0. The van der Waals surface area contributed by atoms with Gasteiger partial charge in [0, 0.05) is 17.9 Å². The normalized spacial score (nSPS) is 42.4. The molecule has 4 nitrogen and oxygen atoms in total. The SMILES string of the molecule is C=CC(=O)OCC(=O)OC1(C2CCCC2)C2CC3CC1CC(C)(C3)C2. The van der Waals surface area contributed by atoms with Crippen molar-refractivity contribution in [1.29, 1.82) is 0 Å². The first kappa shape index (κ1) is 17.1. The van der Waals surface area contributed by atoms with Gasteiger partial charge in [-0.15, -0.1) is 0 Å². The van der Waals surface area contributed by atoms with Crippen LogP contribution in [-0.2, 0) is 19.1 Å². The largest absolute Gasteiger partial charge is 0.456 e. The van der Waals surface area contributed by atoms with Crippen molar-refractivity contribution >= 4 is 11.9 Å². The van der Waals surface area contributed by atoms with Crippen molar-refractivity contribution in [1.82, 2.24) is 0 Å². The molecule has 4 heteroatoms. The zero-order chi connectivity index (χ0) is 17.7. The van der Waals surface area contributed by atoms with Gasteiger partial charge in [-0.25, -0.2) is 9.59 Å². The number of hydrogen-bond acceptors (Lipinski definition) is 4. The molecule has 5 rings (SSSR count). The summed E-state index contributed by atoms with van der Waals surface area (Å²) in [5.74, 6) is 1.35. The molecule has 0 aromatic rings. The van der Waals surface area contributed by atoms with Gasteiger partial charge in [-0.1, -0.05) is 26.3 Å². The number of carbonyl (C=O) groups is 2. The lowest BCUT2D eigenvalue weighted by Gasteiger charge is -2.65. The van der Waals surface area contributed by atoms with Crippen LogP contribution < -0.4 is 0 Å². The quantitative estimate of drug-likeness (QED) is 0.557. The van der Waals surface area contributed by atoms with Crippen LogP contribution in [0.4, 0.5) is 0 Å². The molecule has 2 atom stereocenters. The summed E-state index contributed by atoms with van der Waals surface area (Å²) < 4.78 is 11.2. The molecule has 0 spiro atoms. The van der Waals surface area contributed by atoms with Gasteiger partial charge in [-0.2, -0.15) is 0 Å². The van der Waals surface area contributed by atoms with Gasteiger partial charge < -0.3 is 9.47 Å². The van der Waals surface area contributed by atoms with E-state index in [4.69, 9.17) is 9.47 Å². The molecule has 5 aliphatic carbocycles. The molecule has 0 aromatic carbocycles. The van der Waals surface area contributed by atoms with E-state index in [-0.39, 0.29) is 18.2 Å². The Morgan fingerprint density at radius 3 is 2.28 bits per heavy atom. The summed E-state index contributed by atoms with van der Waals surface area (Å²) in [5, 5.41) is 0. The van der Waals surface area contributed by atoms with Crippen molar-refractivity contribution in [3.05, 3.63) is 12.7 Å². The Labute approximate surface area is 150 Å². The molecule has 0 heterocycles. The summed E-state index contributed by atoms with van der Waals surface area (Å²) in [4.78, 5) is 23.8. The number of hydrogen-bond donors (Lipinski definition) is 0. The van der Waals surface area contributed by atoms with E-state index in [1.807, 2.05) is 0 Å². The molecular formula is C21H30O4. The van der Waals surface area contributed by atoms with E-state index in [0.29, 0.717) is 23.2 Å². The molecule has 0 radical (unpaired) electrons. The maximum Gasteiger partial charge on any atom is 0.344 e. The summed E-state index contributed by atoms with van der Waals surface area (Å²) in [6.07, 6.45) is 12.1. The maximum atomic E-state index is 12.6. The number of carbonyl (C=O) groups excluding carboxylic acids is 2. The predicted octanol–water partition coefficient (Wildman–Crippen LogP) is 4.03. The second kappa shape index (κ2) is 6.14. The van der Waals surface area contributed by atoms with Crippen LogP contribution in [0.25, 0.3) is 0 Å². The average Bonchev–Trinajstić information content (AvgIpc) is 3.09. The lowest BCUT2D eigenvalue weighted by molar-refractivity contribution is -0.243. The van der Waals surface area contributed by atoms with Crippen LogP contribution in [0.3, 0.4) is 0 Å². The molecular weight excluding hydrogens is 316 g/mol. The van der Waals surface area contributed by atoms with Gasteiger partial charge in [0.15, 0.2) is 6.61 Å². The van der Waals surface area contributed by atoms with Crippen molar-refractivity contribution in [2.75, 3.05) is 6.61 Å². The molecule has 138 valence electrons. The van der Waals surface area contributed by atoms with Crippen molar-refractivity contribution in [2.45, 2.75) is 70.3 Å². The number of ether oxygens (including phenoxy) is 2. The monoisotopic (exact) mass is 346 g/mol. The Hall–Kier alpha value is -1.32. The molecule has 5 fully saturated rings. The fraction of sp³-hybridized carbons (Fsp3) is 0.810. The van der Waals surface area contributed by atoms with Crippen molar-refractivity contribution in [3.63, 3.8) is 0 Å². The van der Waals surface area contributed by atoms with Crippen LogP contribution in [0.15, 0.2) is 12.7 Å². The highest BCUT2D eigenvalue weighted by Gasteiger charge is 2.65. The van der Waals surface area contributed by atoms with E-state index in [2.05, 4.69) is 13.5 Å². The minimum Gasteiger partial charge on any atom is -0.456 e. The van der Waals surface area contributed by atoms with Gasteiger partial charge in [0.1, 0.15) is 5.60 Å². The molecule has 0 N–H and O–H groups in total. The highest BCUT2D eigenvalue weighted by Crippen LogP contribution is 2.67. The molecule has 2 unspecified atom stereocenters. The van der Waals surface area contributed by atoms with E-state index in [9.17, 15) is 9.59 Å². The molecule has 0 saturated heterocycles. The first-order valence-electron chi connectivity index (χ1n) is 9.96. The lowest BCUT2D eigenvalue weighted by atomic mass is 9.43. The first-order chi connectivity index (χ1) is 11.9. The minimum absolute atomic E-state index is 0.292. The Kier molecular flexibility index (Phi) is 4.20. The van der Waals surface area contributed by atoms with Gasteiger partial charge >= 0.3 is 11.9 Å².